The molecule has 24 heavy (non-hydrogen) atoms. The van der Waals surface area contributed by atoms with Crippen LogP contribution in [0.3, 0.4) is 0 Å². The van der Waals surface area contributed by atoms with Crippen LogP contribution in [0.15, 0.2) is 48.5 Å². The van der Waals surface area contributed by atoms with E-state index in [9.17, 15) is 4.79 Å². The number of aliphatic carboxylic acids is 1. The van der Waals surface area contributed by atoms with Gasteiger partial charge in [-0.3, -0.25) is 4.79 Å². The molecule has 2 aromatic rings. The van der Waals surface area contributed by atoms with E-state index in [1.165, 1.54) is 5.56 Å². The summed E-state index contributed by atoms with van der Waals surface area (Å²) in [6.07, 6.45) is 2.78. The first-order valence-corrected chi connectivity index (χ1v) is 8.33. The summed E-state index contributed by atoms with van der Waals surface area (Å²) < 4.78 is 11.4. The summed E-state index contributed by atoms with van der Waals surface area (Å²) >= 11 is 0. The van der Waals surface area contributed by atoms with Gasteiger partial charge in [-0.1, -0.05) is 43.7 Å². The first kappa shape index (κ1) is 17.9. The number of para-hydroxylation sites is 1. The second kappa shape index (κ2) is 9.60. The van der Waals surface area contributed by atoms with E-state index in [1.807, 2.05) is 36.4 Å². The van der Waals surface area contributed by atoms with Crippen molar-refractivity contribution in [3.63, 3.8) is 0 Å². The Balaban J connectivity index is 1.78. The highest BCUT2D eigenvalue weighted by Gasteiger charge is 2.05. The van der Waals surface area contributed by atoms with Crippen LogP contribution in [0.4, 0.5) is 0 Å². The lowest BCUT2D eigenvalue weighted by molar-refractivity contribution is -0.136. The fraction of sp³-hybridized carbons (Fsp3) is 0.350. The van der Waals surface area contributed by atoms with E-state index < -0.39 is 5.97 Å². The molecule has 0 aromatic heterocycles. The maximum Gasteiger partial charge on any atom is 0.303 e. The normalized spacial score (nSPS) is 10.4. The van der Waals surface area contributed by atoms with Crippen LogP contribution in [0, 0.1) is 0 Å². The highest BCUT2D eigenvalue weighted by Crippen LogP contribution is 2.20. The fourth-order valence-corrected chi connectivity index (χ4v) is 2.44. The molecule has 0 saturated heterocycles. The van der Waals surface area contributed by atoms with Crippen molar-refractivity contribution in [2.75, 3.05) is 13.2 Å². The first-order valence-electron chi connectivity index (χ1n) is 8.33. The highest BCUT2D eigenvalue weighted by atomic mass is 16.5. The highest BCUT2D eigenvalue weighted by molar-refractivity contribution is 5.67. The van der Waals surface area contributed by atoms with Gasteiger partial charge in [0.2, 0.25) is 0 Å². The minimum Gasteiger partial charge on any atom is -0.490 e. The largest absolute Gasteiger partial charge is 0.490 e. The lowest BCUT2D eigenvalue weighted by Gasteiger charge is -2.12. The number of carboxylic acid groups (broad SMARTS) is 1. The van der Waals surface area contributed by atoms with Gasteiger partial charge in [0.25, 0.3) is 0 Å². The molecule has 0 heterocycles. The Morgan fingerprint density at radius 1 is 0.958 bits per heavy atom. The summed E-state index contributed by atoms with van der Waals surface area (Å²) in [4.78, 5) is 10.7. The van der Waals surface area contributed by atoms with Gasteiger partial charge in [0.1, 0.15) is 24.7 Å². The first-order chi connectivity index (χ1) is 11.7. The zero-order chi connectivity index (χ0) is 17.2. The van der Waals surface area contributed by atoms with E-state index >= 15 is 0 Å². The molecule has 4 nitrogen and oxygen atoms in total. The minimum absolute atomic E-state index is 0.0982. The summed E-state index contributed by atoms with van der Waals surface area (Å²) in [5.41, 5.74) is 2.22. The molecule has 128 valence electrons. The van der Waals surface area contributed by atoms with Crippen molar-refractivity contribution < 1.29 is 19.4 Å². The molecule has 0 aliphatic heterocycles. The smallest absolute Gasteiger partial charge is 0.303 e. The maximum absolute atomic E-state index is 10.7. The average Bonchev–Trinajstić information content (AvgIpc) is 2.59. The van der Waals surface area contributed by atoms with Crippen molar-refractivity contribution in [1.29, 1.82) is 0 Å². The van der Waals surface area contributed by atoms with Crippen LogP contribution in [0.25, 0.3) is 0 Å². The van der Waals surface area contributed by atoms with Gasteiger partial charge in [-0.25, -0.2) is 0 Å². The number of carbonyl (C=O) groups is 1. The Kier molecular flexibility index (Phi) is 7.15. The Bertz CT molecular complexity index is 634. The number of rotatable bonds is 10. The second-order valence-corrected chi connectivity index (χ2v) is 5.59. The zero-order valence-corrected chi connectivity index (χ0v) is 14.0. The predicted molar refractivity (Wildman–Crippen MR) is 93.8 cm³/mol. The molecule has 1 N–H and O–H groups in total. The van der Waals surface area contributed by atoms with Crippen molar-refractivity contribution in [3.05, 3.63) is 59.7 Å². The SMILES string of the molecule is CCCc1ccc(OCCOc2ccccc2CCC(=O)O)cc1. The number of carboxylic acids is 1. The van der Waals surface area contributed by atoms with Gasteiger partial charge in [-0.2, -0.15) is 0 Å². The summed E-state index contributed by atoms with van der Waals surface area (Å²) in [7, 11) is 0. The quantitative estimate of drug-likeness (QED) is 0.667. The topological polar surface area (TPSA) is 55.8 Å². The molecule has 0 spiro atoms. The minimum atomic E-state index is -0.806. The van der Waals surface area contributed by atoms with Crippen LogP contribution in [0.1, 0.15) is 30.9 Å². The van der Waals surface area contributed by atoms with Crippen molar-refractivity contribution in [1.82, 2.24) is 0 Å². The fourth-order valence-electron chi connectivity index (χ4n) is 2.44. The molecule has 0 atom stereocenters. The van der Waals surface area contributed by atoms with E-state index in [1.54, 1.807) is 0 Å². The molecule has 0 fully saturated rings. The van der Waals surface area contributed by atoms with Gasteiger partial charge >= 0.3 is 5.97 Å². The van der Waals surface area contributed by atoms with Gasteiger partial charge in [0, 0.05) is 6.42 Å². The Labute approximate surface area is 143 Å². The lowest BCUT2D eigenvalue weighted by Crippen LogP contribution is -2.10. The molecule has 2 rings (SSSR count). The monoisotopic (exact) mass is 328 g/mol. The van der Waals surface area contributed by atoms with E-state index in [0.29, 0.717) is 19.6 Å². The van der Waals surface area contributed by atoms with Crippen molar-refractivity contribution in [2.24, 2.45) is 0 Å². The zero-order valence-electron chi connectivity index (χ0n) is 14.0. The Hall–Kier alpha value is -2.49. The molecule has 4 heteroatoms. The Morgan fingerprint density at radius 3 is 2.38 bits per heavy atom. The molecular formula is C20H24O4. The molecule has 2 aromatic carbocycles. The van der Waals surface area contributed by atoms with Crippen LogP contribution < -0.4 is 9.47 Å². The Morgan fingerprint density at radius 2 is 1.67 bits per heavy atom. The van der Waals surface area contributed by atoms with Crippen molar-refractivity contribution in [3.8, 4) is 11.5 Å². The van der Waals surface area contributed by atoms with Crippen LogP contribution in [0.5, 0.6) is 11.5 Å². The number of benzene rings is 2. The van der Waals surface area contributed by atoms with Gasteiger partial charge in [-0.05, 0) is 42.2 Å². The van der Waals surface area contributed by atoms with Gasteiger partial charge in [0.05, 0.1) is 0 Å². The molecule has 0 aliphatic rings. The molecule has 0 bridgehead atoms. The van der Waals surface area contributed by atoms with E-state index in [-0.39, 0.29) is 6.42 Å². The summed E-state index contributed by atoms with van der Waals surface area (Å²) in [5, 5.41) is 8.80. The van der Waals surface area contributed by atoms with E-state index in [0.717, 1.165) is 29.9 Å². The van der Waals surface area contributed by atoms with Gasteiger partial charge < -0.3 is 14.6 Å². The molecular weight excluding hydrogens is 304 g/mol. The van der Waals surface area contributed by atoms with Crippen LogP contribution in [-0.4, -0.2) is 24.3 Å². The molecule has 0 radical (unpaired) electrons. The number of ether oxygens (including phenoxy) is 2. The van der Waals surface area contributed by atoms with E-state index in [4.69, 9.17) is 14.6 Å². The van der Waals surface area contributed by atoms with Gasteiger partial charge in [-0.15, -0.1) is 0 Å². The standard InChI is InChI=1S/C20H24O4/c1-2-5-16-8-11-18(12-9-16)23-14-15-24-19-7-4-3-6-17(19)10-13-20(21)22/h3-4,6-9,11-12H,2,5,10,13-15H2,1H3,(H,21,22). The van der Waals surface area contributed by atoms with Crippen molar-refractivity contribution in [2.45, 2.75) is 32.6 Å². The van der Waals surface area contributed by atoms with Crippen molar-refractivity contribution >= 4 is 5.97 Å². The molecule has 0 amide bonds. The third-order valence-electron chi connectivity index (χ3n) is 3.65. The lowest BCUT2D eigenvalue weighted by atomic mass is 10.1. The number of hydrogen-bond donors (Lipinski definition) is 1. The summed E-state index contributed by atoms with van der Waals surface area (Å²) in [5.74, 6) is 0.748. The van der Waals surface area contributed by atoms with E-state index in [2.05, 4.69) is 19.1 Å². The van der Waals surface area contributed by atoms with Crippen LogP contribution in [-0.2, 0) is 17.6 Å². The molecule has 0 saturated carbocycles. The summed E-state index contributed by atoms with van der Waals surface area (Å²) in [6, 6.07) is 15.6. The number of hydrogen-bond acceptors (Lipinski definition) is 3. The van der Waals surface area contributed by atoms with Crippen LogP contribution in [0.2, 0.25) is 0 Å². The van der Waals surface area contributed by atoms with Crippen LogP contribution >= 0.6 is 0 Å². The second-order valence-electron chi connectivity index (χ2n) is 5.59. The molecule has 0 aliphatic carbocycles. The van der Waals surface area contributed by atoms with Gasteiger partial charge in [0.15, 0.2) is 0 Å². The molecule has 0 unspecified atom stereocenters. The number of aryl methyl sites for hydroxylation is 2. The third kappa shape index (κ3) is 5.95. The predicted octanol–water partition coefficient (Wildman–Crippen LogP) is 4.11. The average molecular weight is 328 g/mol. The third-order valence-corrected chi connectivity index (χ3v) is 3.65. The summed E-state index contributed by atoms with van der Waals surface area (Å²) in [6.45, 7) is 3.03. The maximum atomic E-state index is 10.7.